The van der Waals surface area contributed by atoms with E-state index < -0.39 is 0 Å². The van der Waals surface area contributed by atoms with Gasteiger partial charge in [0.2, 0.25) is 5.52 Å². The van der Waals surface area contributed by atoms with Crippen molar-refractivity contribution in [2.75, 3.05) is 31.5 Å². The fraction of sp³-hybridized carbons (Fsp3) is 0.526. The van der Waals surface area contributed by atoms with Crippen LogP contribution in [0, 0.1) is 0 Å². The number of fused-ring (bicyclic) bond motifs is 1. The molecule has 0 saturated heterocycles. The Bertz CT molecular complexity index is 629. The zero-order valence-electron chi connectivity index (χ0n) is 15.0. The van der Waals surface area contributed by atoms with E-state index in [0.29, 0.717) is 0 Å². The van der Waals surface area contributed by atoms with E-state index in [4.69, 9.17) is 11.6 Å². The fourth-order valence-corrected chi connectivity index (χ4v) is 3.12. The van der Waals surface area contributed by atoms with Crippen LogP contribution in [0.2, 0.25) is 5.02 Å². The van der Waals surface area contributed by atoms with E-state index in [1.54, 1.807) is 0 Å². The first-order valence-electron chi connectivity index (χ1n) is 8.77. The molecule has 0 amide bonds. The Hall–Kier alpha value is -0.840. The Morgan fingerprint density at radius 2 is 1.83 bits per heavy atom. The molecule has 0 unspecified atom stereocenters. The van der Waals surface area contributed by atoms with E-state index in [-0.39, 0.29) is 17.0 Å². The van der Waals surface area contributed by atoms with Gasteiger partial charge in [-0.1, -0.05) is 25.4 Å². The van der Waals surface area contributed by atoms with Crippen molar-refractivity contribution in [3.05, 3.63) is 35.5 Å². The molecule has 0 fully saturated rings. The number of hydrogen-bond acceptors (Lipinski definition) is 2. The van der Waals surface area contributed by atoms with Crippen LogP contribution in [0.4, 0.5) is 5.69 Å². The number of unbranched alkanes of at least 4 members (excludes halogenated alkanes) is 1. The fourth-order valence-electron chi connectivity index (χ4n) is 2.96. The molecule has 2 rings (SSSR count). The highest BCUT2D eigenvalue weighted by atomic mass is 79.9. The number of halogens is 2. The molecule has 1 aromatic heterocycles. The number of nitrogens with zero attached hydrogens (tertiary/aromatic N) is 2. The molecule has 0 spiro atoms. The second-order valence-electron chi connectivity index (χ2n) is 5.84. The first-order chi connectivity index (χ1) is 11.2. The van der Waals surface area contributed by atoms with E-state index in [0.717, 1.165) is 31.2 Å². The van der Waals surface area contributed by atoms with Gasteiger partial charge in [-0.3, -0.25) is 0 Å². The maximum Gasteiger partial charge on any atom is 0.216 e. The zero-order valence-corrected chi connectivity index (χ0v) is 17.3. The van der Waals surface area contributed by atoms with Gasteiger partial charge in [-0.25, -0.2) is 0 Å². The van der Waals surface area contributed by atoms with Gasteiger partial charge in [0.25, 0.3) is 0 Å². The molecule has 5 heteroatoms. The number of hydrogen-bond donors (Lipinski definition) is 1. The summed E-state index contributed by atoms with van der Waals surface area (Å²) in [6.07, 6.45) is 4.56. The van der Waals surface area contributed by atoms with Gasteiger partial charge < -0.3 is 27.2 Å². The van der Waals surface area contributed by atoms with Crippen LogP contribution in [-0.4, -0.2) is 31.1 Å². The number of pyridine rings is 1. The Labute approximate surface area is 161 Å². The van der Waals surface area contributed by atoms with Gasteiger partial charge in [0.15, 0.2) is 6.20 Å². The Morgan fingerprint density at radius 3 is 2.50 bits per heavy atom. The highest BCUT2D eigenvalue weighted by molar-refractivity contribution is 6.31. The van der Waals surface area contributed by atoms with Crippen molar-refractivity contribution in [2.24, 2.45) is 0 Å². The lowest BCUT2D eigenvalue weighted by molar-refractivity contribution is -0.667. The van der Waals surface area contributed by atoms with Gasteiger partial charge in [0, 0.05) is 23.7 Å². The van der Waals surface area contributed by atoms with Crippen molar-refractivity contribution >= 4 is 28.2 Å². The average Bonchev–Trinajstić information content (AvgIpc) is 2.57. The van der Waals surface area contributed by atoms with Crippen LogP contribution in [0.15, 0.2) is 30.5 Å². The largest absolute Gasteiger partial charge is 1.00 e. The summed E-state index contributed by atoms with van der Waals surface area (Å²) >= 11 is 6.16. The molecular formula is C19H29BrClN3. The monoisotopic (exact) mass is 413 g/mol. The summed E-state index contributed by atoms with van der Waals surface area (Å²) in [7, 11) is 0. The molecule has 0 aliphatic heterocycles. The lowest BCUT2D eigenvalue weighted by Gasteiger charge is -2.17. The third-order valence-electron chi connectivity index (χ3n) is 4.43. The second-order valence-corrected chi connectivity index (χ2v) is 6.27. The van der Waals surface area contributed by atoms with Crippen molar-refractivity contribution < 1.29 is 21.5 Å². The normalized spacial score (nSPS) is 10.9. The summed E-state index contributed by atoms with van der Waals surface area (Å²) in [5, 5.41) is 5.62. The second kappa shape index (κ2) is 10.9. The minimum absolute atomic E-state index is 0. The maximum atomic E-state index is 6.16. The molecule has 0 atom stereocenters. The summed E-state index contributed by atoms with van der Waals surface area (Å²) in [5.74, 6) is 0. The zero-order chi connectivity index (χ0) is 16.7. The van der Waals surface area contributed by atoms with Crippen LogP contribution in [0.5, 0.6) is 0 Å². The minimum Gasteiger partial charge on any atom is -1.00 e. The highest BCUT2D eigenvalue weighted by Crippen LogP contribution is 2.23. The third kappa shape index (κ3) is 5.61. The van der Waals surface area contributed by atoms with E-state index in [1.807, 2.05) is 12.1 Å². The number of nitrogens with one attached hydrogen (secondary N) is 1. The summed E-state index contributed by atoms with van der Waals surface area (Å²) in [6, 6.07) is 8.30. The van der Waals surface area contributed by atoms with E-state index in [9.17, 15) is 0 Å². The molecule has 1 N–H and O–H groups in total. The lowest BCUT2D eigenvalue weighted by Crippen LogP contribution is -3.00. The summed E-state index contributed by atoms with van der Waals surface area (Å²) in [5.41, 5.74) is 2.39. The van der Waals surface area contributed by atoms with Crippen LogP contribution in [-0.2, 0) is 6.54 Å². The van der Waals surface area contributed by atoms with Gasteiger partial charge in [-0.2, -0.15) is 4.57 Å². The van der Waals surface area contributed by atoms with E-state index >= 15 is 0 Å². The van der Waals surface area contributed by atoms with Crippen LogP contribution >= 0.6 is 11.6 Å². The Kier molecular flexibility index (Phi) is 9.64. The standard InChI is InChI=1S/C19H28ClN3.BrH/c1-4-22(5-2)13-8-7-12-21-18-11-14-23(6-3)19-15-16(20)9-10-17(18)19;/h9-11,14-15H,4-8,12-13H2,1-3H3;1H. The molecular weight excluding hydrogens is 386 g/mol. The molecule has 0 saturated carbocycles. The van der Waals surface area contributed by atoms with Gasteiger partial charge >= 0.3 is 0 Å². The maximum absolute atomic E-state index is 6.16. The highest BCUT2D eigenvalue weighted by Gasteiger charge is 2.11. The lowest BCUT2D eigenvalue weighted by atomic mass is 10.1. The van der Waals surface area contributed by atoms with Crippen LogP contribution in [0.25, 0.3) is 10.9 Å². The van der Waals surface area contributed by atoms with Gasteiger partial charge in [0.05, 0.1) is 11.1 Å². The number of benzene rings is 1. The topological polar surface area (TPSA) is 19.1 Å². The molecule has 1 aromatic carbocycles. The van der Waals surface area contributed by atoms with Crippen LogP contribution in [0.1, 0.15) is 33.6 Å². The summed E-state index contributed by atoms with van der Waals surface area (Å²) < 4.78 is 2.23. The van der Waals surface area contributed by atoms with Crippen molar-refractivity contribution in [1.29, 1.82) is 0 Å². The Morgan fingerprint density at radius 1 is 1.08 bits per heavy atom. The smallest absolute Gasteiger partial charge is 0.216 e. The molecule has 3 nitrogen and oxygen atoms in total. The van der Waals surface area contributed by atoms with Crippen molar-refractivity contribution in [3.8, 4) is 0 Å². The van der Waals surface area contributed by atoms with Crippen molar-refractivity contribution in [2.45, 2.75) is 40.2 Å². The molecule has 0 aliphatic rings. The number of aromatic nitrogens is 1. The summed E-state index contributed by atoms with van der Waals surface area (Å²) in [6.45, 7) is 12.0. The van der Waals surface area contributed by atoms with Gasteiger partial charge in [-0.05, 0) is 51.5 Å². The predicted octanol–water partition coefficient (Wildman–Crippen LogP) is 1.34. The quantitative estimate of drug-likeness (QED) is 0.493. The van der Waals surface area contributed by atoms with Crippen LogP contribution < -0.4 is 26.9 Å². The molecule has 24 heavy (non-hydrogen) atoms. The van der Waals surface area contributed by atoms with Crippen molar-refractivity contribution in [3.63, 3.8) is 0 Å². The molecule has 2 aromatic rings. The van der Waals surface area contributed by atoms with Crippen LogP contribution in [0.3, 0.4) is 0 Å². The average molecular weight is 415 g/mol. The van der Waals surface area contributed by atoms with E-state index in [2.05, 4.69) is 53.9 Å². The number of rotatable bonds is 9. The molecule has 0 radical (unpaired) electrons. The summed E-state index contributed by atoms with van der Waals surface area (Å²) in [4.78, 5) is 2.48. The number of aryl methyl sites for hydroxylation is 1. The van der Waals surface area contributed by atoms with Gasteiger partial charge in [0.1, 0.15) is 6.54 Å². The Balaban J connectivity index is 0.00000288. The number of anilines is 1. The molecule has 1 heterocycles. The minimum atomic E-state index is 0. The molecule has 134 valence electrons. The predicted molar refractivity (Wildman–Crippen MR) is 100 cm³/mol. The van der Waals surface area contributed by atoms with Gasteiger partial charge in [-0.15, -0.1) is 0 Å². The van der Waals surface area contributed by atoms with E-state index in [1.165, 1.54) is 36.0 Å². The first-order valence-corrected chi connectivity index (χ1v) is 9.15. The first kappa shape index (κ1) is 21.2. The SMILES string of the molecule is CCN(CC)CCCCNc1cc[n+](CC)c2cc(Cl)ccc12.[Br-]. The molecule has 0 bridgehead atoms. The third-order valence-corrected chi connectivity index (χ3v) is 4.67. The molecule has 0 aliphatic carbocycles. The van der Waals surface area contributed by atoms with Crippen molar-refractivity contribution in [1.82, 2.24) is 4.90 Å².